The summed E-state index contributed by atoms with van der Waals surface area (Å²) in [5, 5.41) is 4.05. The van der Waals surface area contributed by atoms with Crippen LogP contribution in [0, 0.1) is 0 Å². The maximum atomic E-state index is 12.5. The highest BCUT2D eigenvalue weighted by Crippen LogP contribution is 2.18. The van der Waals surface area contributed by atoms with Gasteiger partial charge in [-0.2, -0.15) is 5.10 Å². The molecule has 0 saturated carbocycles. The molecule has 0 aliphatic rings. The van der Waals surface area contributed by atoms with Crippen molar-refractivity contribution in [3.8, 4) is 0 Å². The van der Waals surface area contributed by atoms with Crippen LogP contribution in [0.15, 0.2) is 34.3 Å². The molecule has 5 heteroatoms. The zero-order valence-electron chi connectivity index (χ0n) is 19.4. The SMILES string of the molecule is CC/C=N\Nc1ccc(S(=O)(=O)CCCCCCCCCCCCCCCC)cc1. The normalized spacial score (nSPS) is 11.9. The molecule has 0 heterocycles. The first-order chi connectivity index (χ1) is 14.6. The molecule has 1 aromatic rings. The average molecular weight is 437 g/mol. The summed E-state index contributed by atoms with van der Waals surface area (Å²) < 4.78 is 24.9. The zero-order valence-corrected chi connectivity index (χ0v) is 20.2. The first-order valence-electron chi connectivity index (χ1n) is 12.2. The number of hydrazone groups is 1. The summed E-state index contributed by atoms with van der Waals surface area (Å²) in [6.07, 6.45) is 20.4. The molecule has 0 fully saturated rings. The fraction of sp³-hybridized carbons (Fsp3) is 0.720. The Morgan fingerprint density at radius 2 is 1.20 bits per heavy atom. The molecule has 0 atom stereocenters. The number of nitrogens with zero attached hydrogens (tertiary/aromatic N) is 1. The second-order valence-corrected chi connectivity index (χ2v) is 10.4. The van der Waals surface area contributed by atoms with Gasteiger partial charge in [-0.1, -0.05) is 97.3 Å². The van der Waals surface area contributed by atoms with Gasteiger partial charge in [0, 0.05) is 6.21 Å². The van der Waals surface area contributed by atoms with Crippen LogP contribution in [0.25, 0.3) is 0 Å². The molecule has 0 spiro atoms. The van der Waals surface area contributed by atoms with Gasteiger partial charge in [0.05, 0.1) is 16.3 Å². The number of sulfone groups is 1. The number of hydrogen-bond acceptors (Lipinski definition) is 4. The first kappa shape index (κ1) is 26.7. The lowest BCUT2D eigenvalue weighted by Crippen LogP contribution is -2.07. The molecular weight excluding hydrogens is 392 g/mol. The molecule has 1 rings (SSSR count). The Balaban J connectivity index is 2.05. The van der Waals surface area contributed by atoms with Crippen molar-refractivity contribution in [2.24, 2.45) is 5.10 Å². The van der Waals surface area contributed by atoms with Crippen LogP contribution < -0.4 is 5.43 Å². The number of hydrogen-bond donors (Lipinski definition) is 1. The largest absolute Gasteiger partial charge is 0.279 e. The summed E-state index contributed by atoms with van der Waals surface area (Å²) in [7, 11) is -3.18. The molecule has 0 amide bonds. The molecular formula is C25H44N2O2S. The van der Waals surface area contributed by atoms with E-state index in [0.29, 0.717) is 4.90 Å². The average Bonchev–Trinajstić information content (AvgIpc) is 2.74. The van der Waals surface area contributed by atoms with Gasteiger partial charge in [0.25, 0.3) is 0 Å². The lowest BCUT2D eigenvalue weighted by atomic mass is 10.0. The van der Waals surface area contributed by atoms with Crippen LogP contribution in [0.4, 0.5) is 5.69 Å². The minimum absolute atomic E-state index is 0.242. The van der Waals surface area contributed by atoms with E-state index in [1.807, 2.05) is 6.92 Å². The third kappa shape index (κ3) is 13.0. The van der Waals surface area contributed by atoms with Crippen molar-refractivity contribution in [1.82, 2.24) is 0 Å². The predicted octanol–water partition coefficient (Wildman–Crippen LogP) is 7.75. The highest BCUT2D eigenvalue weighted by atomic mass is 32.2. The minimum atomic E-state index is -3.18. The van der Waals surface area contributed by atoms with Gasteiger partial charge >= 0.3 is 0 Å². The number of nitrogens with one attached hydrogen (secondary N) is 1. The van der Waals surface area contributed by atoms with Gasteiger partial charge in [0.15, 0.2) is 9.84 Å². The predicted molar refractivity (Wildman–Crippen MR) is 131 cm³/mol. The second kappa shape index (κ2) is 17.3. The highest BCUT2D eigenvalue weighted by Gasteiger charge is 2.13. The molecule has 1 N–H and O–H groups in total. The van der Waals surface area contributed by atoms with Gasteiger partial charge in [-0.15, -0.1) is 0 Å². The summed E-state index contributed by atoms with van der Waals surface area (Å²) in [6, 6.07) is 6.88. The Hall–Kier alpha value is -1.36. The summed E-state index contributed by atoms with van der Waals surface area (Å²) >= 11 is 0. The maximum Gasteiger partial charge on any atom is 0.178 e. The molecule has 30 heavy (non-hydrogen) atoms. The monoisotopic (exact) mass is 436 g/mol. The maximum absolute atomic E-state index is 12.5. The van der Waals surface area contributed by atoms with Gasteiger partial charge < -0.3 is 0 Å². The minimum Gasteiger partial charge on any atom is -0.279 e. The lowest BCUT2D eigenvalue weighted by Gasteiger charge is -2.06. The first-order valence-corrected chi connectivity index (χ1v) is 13.9. The van der Waals surface area contributed by atoms with Gasteiger partial charge in [-0.3, -0.25) is 5.43 Å². The van der Waals surface area contributed by atoms with Crippen LogP contribution in [0.3, 0.4) is 0 Å². The molecule has 0 aliphatic carbocycles. The van der Waals surface area contributed by atoms with Crippen LogP contribution in [-0.4, -0.2) is 20.4 Å². The van der Waals surface area contributed by atoms with E-state index >= 15 is 0 Å². The van der Waals surface area contributed by atoms with Crippen LogP contribution in [0.2, 0.25) is 0 Å². The van der Waals surface area contributed by atoms with E-state index in [0.717, 1.165) is 31.4 Å². The molecule has 0 saturated heterocycles. The molecule has 0 aromatic heterocycles. The van der Waals surface area contributed by atoms with Crippen molar-refractivity contribution in [3.63, 3.8) is 0 Å². The van der Waals surface area contributed by atoms with E-state index in [2.05, 4.69) is 17.5 Å². The Morgan fingerprint density at radius 3 is 1.67 bits per heavy atom. The van der Waals surface area contributed by atoms with Gasteiger partial charge in [-0.05, 0) is 37.1 Å². The van der Waals surface area contributed by atoms with Crippen molar-refractivity contribution in [1.29, 1.82) is 0 Å². The second-order valence-electron chi connectivity index (χ2n) is 8.27. The van der Waals surface area contributed by atoms with E-state index in [9.17, 15) is 8.42 Å². The topological polar surface area (TPSA) is 58.5 Å². The number of unbranched alkanes of at least 4 members (excludes halogenated alkanes) is 13. The smallest absolute Gasteiger partial charge is 0.178 e. The Kier molecular flexibility index (Phi) is 15.4. The van der Waals surface area contributed by atoms with Gasteiger partial charge in [0.2, 0.25) is 0 Å². The fourth-order valence-electron chi connectivity index (χ4n) is 3.55. The molecule has 172 valence electrons. The van der Waals surface area contributed by atoms with Gasteiger partial charge in [-0.25, -0.2) is 8.42 Å². The highest BCUT2D eigenvalue weighted by molar-refractivity contribution is 7.91. The molecule has 4 nitrogen and oxygen atoms in total. The van der Waals surface area contributed by atoms with Crippen LogP contribution in [-0.2, 0) is 9.84 Å². The number of anilines is 1. The van der Waals surface area contributed by atoms with Crippen molar-refractivity contribution < 1.29 is 8.42 Å². The van der Waals surface area contributed by atoms with E-state index in [1.165, 1.54) is 70.6 Å². The fourth-order valence-corrected chi connectivity index (χ4v) is 4.92. The van der Waals surface area contributed by atoms with Crippen molar-refractivity contribution in [2.45, 2.75) is 115 Å². The molecule has 0 bridgehead atoms. The van der Waals surface area contributed by atoms with E-state index < -0.39 is 9.84 Å². The summed E-state index contributed by atoms with van der Waals surface area (Å²) in [5.41, 5.74) is 3.70. The van der Waals surface area contributed by atoms with Crippen molar-refractivity contribution in [3.05, 3.63) is 24.3 Å². The Labute approximate surface area is 185 Å². The molecule has 0 unspecified atom stereocenters. The van der Waals surface area contributed by atoms with Crippen molar-refractivity contribution in [2.75, 3.05) is 11.2 Å². The standard InChI is InChI=1S/C25H44N2O2S/c1-3-5-6-7-8-9-10-11-12-13-14-15-16-17-23-30(28,29)25-20-18-24(19-21-25)27-26-22-4-2/h18-22,27H,3-17,23H2,1-2H3/b26-22-. The van der Waals surface area contributed by atoms with Crippen LogP contribution in [0.1, 0.15) is 110 Å². The van der Waals surface area contributed by atoms with Crippen LogP contribution >= 0.6 is 0 Å². The number of rotatable bonds is 19. The number of benzene rings is 1. The molecule has 1 aromatic carbocycles. The van der Waals surface area contributed by atoms with E-state index in [1.54, 1.807) is 30.5 Å². The third-order valence-electron chi connectivity index (χ3n) is 5.45. The van der Waals surface area contributed by atoms with E-state index in [4.69, 9.17) is 0 Å². The third-order valence-corrected chi connectivity index (χ3v) is 7.26. The van der Waals surface area contributed by atoms with Gasteiger partial charge in [0.1, 0.15) is 0 Å². The summed E-state index contributed by atoms with van der Waals surface area (Å²) in [4.78, 5) is 0.405. The summed E-state index contributed by atoms with van der Waals surface area (Å²) in [6.45, 7) is 4.28. The lowest BCUT2D eigenvalue weighted by molar-refractivity contribution is 0.537. The quantitative estimate of drug-likeness (QED) is 0.137. The summed E-state index contributed by atoms with van der Waals surface area (Å²) in [5.74, 6) is 0.242. The Morgan fingerprint density at radius 1 is 0.733 bits per heavy atom. The van der Waals surface area contributed by atoms with E-state index in [-0.39, 0.29) is 5.75 Å². The molecule has 0 aliphatic heterocycles. The Bertz CT molecular complexity index is 654. The van der Waals surface area contributed by atoms with Crippen LogP contribution in [0.5, 0.6) is 0 Å². The molecule has 0 radical (unpaired) electrons. The zero-order chi connectivity index (χ0) is 21.9. The van der Waals surface area contributed by atoms with Crippen molar-refractivity contribution >= 4 is 21.7 Å².